The van der Waals surface area contributed by atoms with Crippen LogP contribution >= 0.6 is 0 Å². The number of pyridine rings is 1. The molecule has 1 aliphatic carbocycles. The fourth-order valence-corrected chi connectivity index (χ4v) is 3.83. The van der Waals surface area contributed by atoms with Gasteiger partial charge in [-0.05, 0) is 55.0 Å². The Morgan fingerprint density at radius 3 is 2.63 bits per heavy atom. The number of aromatic hydroxyl groups is 1. The molecule has 1 saturated carbocycles. The van der Waals surface area contributed by atoms with Crippen molar-refractivity contribution in [1.82, 2.24) is 19.7 Å². The van der Waals surface area contributed by atoms with Gasteiger partial charge < -0.3 is 14.6 Å². The fraction of sp³-hybridized carbons (Fsp3) is 0.364. The van der Waals surface area contributed by atoms with Crippen LogP contribution in [0.15, 0.2) is 47.5 Å². The van der Waals surface area contributed by atoms with Crippen molar-refractivity contribution in [3.05, 3.63) is 53.1 Å². The molecular formula is C22H24FN5O2. The molecule has 0 unspecified atom stereocenters. The number of anilines is 1. The van der Waals surface area contributed by atoms with Crippen LogP contribution in [0.1, 0.15) is 25.7 Å². The first-order chi connectivity index (χ1) is 14.4. The summed E-state index contributed by atoms with van der Waals surface area (Å²) in [7, 11) is 3.56. The van der Waals surface area contributed by atoms with Crippen molar-refractivity contribution < 1.29 is 9.50 Å². The van der Waals surface area contributed by atoms with E-state index in [1.165, 1.54) is 10.6 Å². The van der Waals surface area contributed by atoms with E-state index in [2.05, 4.69) is 15.2 Å². The third-order valence-electron chi connectivity index (χ3n) is 5.72. The molecule has 1 aromatic carbocycles. The minimum absolute atomic E-state index is 0.00336. The molecule has 3 aromatic rings. The van der Waals surface area contributed by atoms with E-state index in [0.717, 1.165) is 24.0 Å². The summed E-state index contributed by atoms with van der Waals surface area (Å²) in [5.74, 6) is 0.880. The molecule has 4 rings (SSSR count). The molecule has 2 heterocycles. The number of rotatable bonds is 4. The summed E-state index contributed by atoms with van der Waals surface area (Å²) in [4.78, 5) is 18.1. The van der Waals surface area contributed by atoms with Crippen molar-refractivity contribution in [1.29, 1.82) is 0 Å². The molecule has 2 aromatic heterocycles. The predicted molar refractivity (Wildman–Crippen MR) is 113 cm³/mol. The largest absolute Gasteiger partial charge is 0.507 e. The topological polar surface area (TPSA) is 84.1 Å². The molecule has 30 heavy (non-hydrogen) atoms. The number of phenols is 1. The van der Waals surface area contributed by atoms with E-state index >= 15 is 0 Å². The Morgan fingerprint density at radius 2 is 1.97 bits per heavy atom. The van der Waals surface area contributed by atoms with Crippen LogP contribution in [-0.2, 0) is 7.05 Å². The quantitative estimate of drug-likeness (QED) is 0.712. The molecule has 0 amide bonds. The van der Waals surface area contributed by atoms with E-state index < -0.39 is 6.17 Å². The van der Waals surface area contributed by atoms with Gasteiger partial charge in [-0.3, -0.25) is 4.79 Å². The second-order valence-corrected chi connectivity index (χ2v) is 7.77. The maximum atomic E-state index is 13.7. The molecule has 0 saturated heterocycles. The summed E-state index contributed by atoms with van der Waals surface area (Å²) in [6.45, 7) is 0. The smallest absolute Gasteiger partial charge is 0.250 e. The van der Waals surface area contributed by atoms with Crippen molar-refractivity contribution in [2.75, 3.05) is 11.9 Å². The van der Waals surface area contributed by atoms with E-state index in [-0.39, 0.29) is 17.4 Å². The molecule has 7 nitrogen and oxygen atoms in total. The predicted octanol–water partition coefficient (Wildman–Crippen LogP) is 3.33. The molecule has 1 N–H and O–H groups in total. The Bertz CT molecular complexity index is 1100. The number of nitrogens with zero attached hydrogens (tertiary/aromatic N) is 5. The number of aryl methyl sites for hydroxylation is 1. The highest BCUT2D eigenvalue weighted by Gasteiger charge is 2.25. The van der Waals surface area contributed by atoms with Gasteiger partial charge in [0, 0.05) is 32.4 Å². The van der Waals surface area contributed by atoms with E-state index in [1.54, 1.807) is 37.6 Å². The van der Waals surface area contributed by atoms with Crippen LogP contribution in [-0.4, -0.2) is 44.1 Å². The lowest BCUT2D eigenvalue weighted by atomic mass is 9.93. The Balaban J connectivity index is 1.55. The lowest BCUT2D eigenvalue weighted by Crippen LogP contribution is -2.37. The molecule has 0 spiro atoms. The molecule has 8 heteroatoms. The highest BCUT2D eigenvalue weighted by atomic mass is 19.1. The van der Waals surface area contributed by atoms with Gasteiger partial charge in [-0.25, -0.2) is 9.37 Å². The number of aromatic nitrogens is 4. The van der Waals surface area contributed by atoms with E-state index in [9.17, 15) is 14.3 Å². The number of hydrogen-bond acceptors (Lipinski definition) is 6. The molecule has 0 radical (unpaired) electrons. The van der Waals surface area contributed by atoms with Crippen LogP contribution in [0.2, 0.25) is 0 Å². The highest BCUT2D eigenvalue weighted by Crippen LogP contribution is 2.32. The van der Waals surface area contributed by atoms with Gasteiger partial charge in [-0.2, -0.15) is 0 Å². The zero-order chi connectivity index (χ0) is 21.3. The maximum Gasteiger partial charge on any atom is 0.250 e. The molecule has 156 valence electrons. The monoisotopic (exact) mass is 409 g/mol. The molecular weight excluding hydrogens is 385 g/mol. The van der Waals surface area contributed by atoms with Crippen molar-refractivity contribution in [3.8, 4) is 28.3 Å². The number of halogens is 1. The van der Waals surface area contributed by atoms with Crippen molar-refractivity contribution >= 4 is 5.82 Å². The molecule has 1 fully saturated rings. The Labute approximate surface area is 173 Å². The standard InChI is InChI=1S/C22H24FN5O2/c1-27-9-8-15(11-21(27)30)14-6-7-18(19(29)10-14)22-24-13-20(25-26-22)28(2)17-5-3-4-16(23)12-17/h6-11,13,16-17,29H,3-5,12H2,1-2H3/t16-,17+/m0/s1. The third kappa shape index (κ3) is 4.03. The summed E-state index contributed by atoms with van der Waals surface area (Å²) in [6.07, 6.45) is 5.41. The summed E-state index contributed by atoms with van der Waals surface area (Å²) in [5, 5.41) is 18.9. The van der Waals surface area contributed by atoms with Gasteiger partial charge in [0.15, 0.2) is 11.6 Å². The van der Waals surface area contributed by atoms with Crippen LogP contribution < -0.4 is 10.5 Å². The van der Waals surface area contributed by atoms with Gasteiger partial charge in [0.2, 0.25) is 0 Å². The SMILES string of the molecule is CN(c1cnc(-c2ccc(-c3ccn(C)c(=O)c3)cc2O)nn1)[C@@H]1CCC[C@H](F)C1. The van der Waals surface area contributed by atoms with E-state index in [4.69, 9.17) is 0 Å². The Hall–Kier alpha value is -3.29. The summed E-state index contributed by atoms with van der Waals surface area (Å²) >= 11 is 0. The van der Waals surface area contributed by atoms with Crippen molar-refractivity contribution in [2.45, 2.75) is 37.9 Å². The van der Waals surface area contributed by atoms with Crippen molar-refractivity contribution in [2.24, 2.45) is 7.05 Å². The van der Waals surface area contributed by atoms with Crippen LogP contribution in [0, 0.1) is 0 Å². The van der Waals surface area contributed by atoms with Gasteiger partial charge in [-0.1, -0.05) is 6.07 Å². The number of phenolic OH excluding ortho intramolecular Hbond substituents is 1. The first kappa shape index (κ1) is 20.0. The van der Waals surface area contributed by atoms with Gasteiger partial charge in [0.05, 0.1) is 11.8 Å². The molecule has 1 aliphatic rings. The van der Waals surface area contributed by atoms with Gasteiger partial charge in [-0.15, -0.1) is 10.2 Å². The molecule has 0 aliphatic heterocycles. The minimum Gasteiger partial charge on any atom is -0.507 e. The van der Waals surface area contributed by atoms with E-state index in [0.29, 0.717) is 30.0 Å². The highest BCUT2D eigenvalue weighted by molar-refractivity contribution is 5.72. The lowest BCUT2D eigenvalue weighted by molar-refractivity contribution is 0.229. The Morgan fingerprint density at radius 1 is 1.17 bits per heavy atom. The van der Waals surface area contributed by atoms with Crippen LogP contribution in [0.3, 0.4) is 0 Å². The average molecular weight is 409 g/mol. The second-order valence-electron chi connectivity index (χ2n) is 7.77. The third-order valence-corrected chi connectivity index (χ3v) is 5.72. The van der Waals surface area contributed by atoms with Gasteiger partial charge in [0.1, 0.15) is 11.9 Å². The molecule has 0 bridgehead atoms. The Kier molecular flexibility index (Phi) is 5.48. The fourth-order valence-electron chi connectivity index (χ4n) is 3.83. The van der Waals surface area contributed by atoms with Crippen LogP contribution in [0.5, 0.6) is 5.75 Å². The second kappa shape index (κ2) is 8.22. The van der Waals surface area contributed by atoms with E-state index in [1.807, 2.05) is 18.0 Å². The van der Waals surface area contributed by atoms with Gasteiger partial charge >= 0.3 is 0 Å². The maximum absolute atomic E-state index is 13.7. The summed E-state index contributed by atoms with van der Waals surface area (Å²) in [6, 6.07) is 8.50. The number of benzene rings is 1. The number of alkyl halides is 1. The minimum atomic E-state index is -0.772. The summed E-state index contributed by atoms with van der Waals surface area (Å²) in [5.41, 5.74) is 1.76. The summed E-state index contributed by atoms with van der Waals surface area (Å²) < 4.78 is 15.2. The average Bonchev–Trinajstić information content (AvgIpc) is 2.75. The van der Waals surface area contributed by atoms with Crippen LogP contribution in [0.4, 0.5) is 10.2 Å². The number of hydrogen-bond donors (Lipinski definition) is 1. The van der Waals surface area contributed by atoms with Crippen molar-refractivity contribution in [3.63, 3.8) is 0 Å². The zero-order valence-electron chi connectivity index (χ0n) is 17.0. The first-order valence-electron chi connectivity index (χ1n) is 9.99. The normalized spacial score (nSPS) is 18.9. The van der Waals surface area contributed by atoms with Crippen LogP contribution in [0.25, 0.3) is 22.5 Å². The lowest BCUT2D eigenvalue weighted by Gasteiger charge is -2.32. The zero-order valence-corrected chi connectivity index (χ0v) is 17.0. The first-order valence-corrected chi connectivity index (χ1v) is 9.99. The molecule has 2 atom stereocenters. The van der Waals surface area contributed by atoms with Gasteiger partial charge in [0.25, 0.3) is 5.56 Å².